The summed E-state index contributed by atoms with van der Waals surface area (Å²) in [7, 11) is 0. The molecule has 0 bridgehead atoms. The molecule has 1 aromatic rings. The summed E-state index contributed by atoms with van der Waals surface area (Å²) in [6, 6.07) is 5.17. The van der Waals surface area contributed by atoms with Gasteiger partial charge in [0.05, 0.1) is 0 Å². The van der Waals surface area contributed by atoms with Gasteiger partial charge >= 0.3 is 0 Å². The van der Waals surface area contributed by atoms with Gasteiger partial charge in [0.2, 0.25) is 0 Å². The first kappa shape index (κ1) is 13.4. The summed E-state index contributed by atoms with van der Waals surface area (Å²) in [4.78, 5) is 0. The predicted octanol–water partition coefficient (Wildman–Crippen LogP) is 5.32. The van der Waals surface area contributed by atoms with Crippen LogP contribution in [0.5, 0.6) is 0 Å². The summed E-state index contributed by atoms with van der Waals surface area (Å²) in [5, 5.41) is 0.276. The summed E-state index contributed by atoms with van der Waals surface area (Å²) >= 11 is 9.65. The molecule has 0 nitrogen and oxygen atoms in total. The second-order valence-corrected chi connectivity index (χ2v) is 6.46. The van der Waals surface area contributed by atoms with Crippen molar-refractivity contribution in [1.82, 2.24) is 0 Å². The monoisotopic (exact) mass is 318 g/mol. The highest BCUT2D eigenvalue weighted by Gasteiger charge is 2.20. The minimum Gasteiger partial charge on any atom is -0.207 e. The molecule has 1 aliphatic rings. The van der Waals surface area contributed by atoms with Gasteiger partial charge in [-0.1, -0.05) is 35.2 Å². The highest BCUT2D eigenvalue weighted by molar-refractivity contribution is 9.10. The molecule has 0 radical (unpaired) electrons. The van der Waals surface area contributed by atoms with Crippen LogP contribution in [-0.2, 0) is 6.42 Å². The van der Waals surface area contributed by atoms with E-state index in [0.717, 1.165) is 29.3 Å². The van der Waals surface area contributed by atoms with Gasteiger partial charge in [0.25, 0.3) is 0 Å². The van der Waals surface area contributed by atoms with Crippen LogP contribution in [0.3, 0.4) is 0 Å². The predicted molar refractivity (Wildman–Crippen MR) is 74.0 cm³/mol. The molecular weight excluding hydrogens is 303 g/mol. The van der Waals surface area contributed by atoms with Crippen LogP contribution in [0.25, 0.3) is 0 Å². The lowest BCUT2D eigenvalue weighted by atomic mass is 9.92. The quantitative estimate of drug-likeness (QED) is 0.511. The maximum atomic E-state index is 13.7. The molecule has 3 heteroatoms. The van der Waals surface area contributed by atoms with Crippen LogP contribution < -0.4 is 0 Å². The van der Waals surface area contributed by atoms with E-state index < -0.39 is 0 Å². The van der Waals surface area contributed by atoms with Gasteiger partial charge < -0.3 is 0 Å². The second-order valence-electron chi connectivity index (χ2n) is 4.92. The average Bonchev–Trinajstić information content (AvgIpc) is 2.48. The Kier molecular flexibility index (Phi) is 4.87. The fourth-order valence-electron chi connectivity index (χ4n) is 2.59. The molecule has 0 heterocycles. The average molecular weight is 320 g/mol. The molecule has 0 N–H and O–H groups in total. The number of alkyl halides is 1. The van der Waals surface area contributed by atoms with Gasteiger partial charge in [-0.25, -0.2) is 4.39 Å². The van der Waals surface area contributed by atoms with Gasteiger partial charge in [0.15, 0.2) is 0 Å². The highest BCUT2D eigenvalue weighted by Crippen LogP contribution is 2.30. The minimum atomic E-state index is -0.0939. The van der Waals surface area contributed by atoms with Crippen LogP contribution in [0.4, 0.5) is 4.39 Å². The summed E-state index contributed by atoms with van der Waals surface area (Å²) in [5.41, 5.74) is 0.815. The van der Waals surface area contributed by atoms with Crippen molar-refractivity contribution in [2.24, 2.45) is 5.92 Å². The molecule has 17 heavy (non-hydrogen) atoms. The Bertz CT molecular complexity index is 380. The van der Waals surface area contributed by atoms with Crippen molar-refractivity contribution in [3.05, 3.63) is 34.1 Å². The lowest BCUT2D eigenvalue weighted by molar-refractivity contribution is 0.450. The first-order valence-corrected chi connectivity index (χ1v) is 7.46. The molecule has 1 saturated carbocycles. The number of hydrogen-bond donors (Lipinski definition) is 0. The van der Waals surface area contributed by atoms with E-state index in [4.69, 9.17) is 11.6 Å². The summed E-state index contributed by atoms with van der Waals surface area (Å²) in [6.45, 7) is 0. The zero-order chi connectivity index (χ0) is 12.3. The van der Waals surface area contributed by atoms with E-state index in [2.05, 4.69) is 15.9 Å². The zero-order valence-electron chi connectivity index (χ0n) is 9.76. The van der Waals surface area contributed by atoms with Crippen LogP contribution in [0.2, 0.25) is 0 Å². The largest absolute Gasteiger partial charge is 0.207 e. The van der Waals surface area contributed by atoms with Crippen molar-refractivity contribution in [1.29, 1.82) is 0 Å². The molecule has 2 atom stereocenters. The third kappa shape index (κ3) is 3.96. The van der Waals surface area contributed by atoms with Crippen molar-refractivity contribution >= 4 is 27.5 Å². The van der Waals surface area contributed by atoms with E-state index in [1.54, 1.807) is 6.07 Å². The van der Waals surface area contributed by atoms with E-state index in [-0.39, 0.29) is 11.2 Å². The Labute approximate surface area is 116 Å². The fourth-order valence-corrected chi connectivity index (χ4v) is 3.41. The second kappa shape index (κ2) is 6.19. The number of benzene rings is 1. The fraction of sp³-hybridized carbons (Fsp3) is 0.571. The summed E-state index contributed by atoms with van der Waals surface area (Å²) in [5.74, 6) is 0.437. The lowest BCUT2D eigenvalue weighted by Gasteiger charge is -2.16. The van der Waals surface area contributed by atoms with Crippen LogP contribution in [0.15, 0.2) is 22.7 Å². The van der Waals surface area contributed by atoms with Gasteiger partial charge in [-0.05, 0) is 48.9 Å². The maximum Gasteiger partial charge on any atom is 0.126 e. The first-order chi connectivity index (χ1) is 8.15. The first-order valence-electron chi connectivity index (χ1n) is 6.23. The molecule has 2 unspecified atom stereocenters. The summed E-state index contributed by atoms with van der Waals surface area (Å²) < 4.78 is 14.6. The standard InChI is InChI=1S/C14H17BrClF/c15-12-5-6-14(17)11(9-12)7-10-3-1-2-4-13(16)8-10/h5-6,9-10,13H,1-4,7-8H2. The van der Waals surface area contributed by atoms with Crippen molar-refractivity contribution in [2.75, 3.05) is 0 Å². The topological polar surface area (TPSA) is 0 Å². The van der Waals surface area contributed by atoms with Crippen LogP contribution in [0, 0.1) is 11.7 Å². The van der Waals surface area contributed by atoms with E-state index in [1.807, 2.05) is 6.07 Å². The minimum absolute atomic E-state index is 0.0939. The molecule has 94 valence electrons. The van der Waals surface area contributed by atoms with Crippen molar-refractivity contribution in [3.8, 4) is 0 Å². The Hall–Kier alpha value is -0.0800. The third-order valence-electron chi connectivity index (χ3n) is 3.49. The SMILES string of the molecule is Fc1ccc(Br)cc1CC1CCCCC(Cl)C1. The lowest BCUT2D eigenvalue weighted by Crippen LogP contribution is -2.09. The molecule has 0 spiro atoms. The summed E-state index contributed by atoms with van der Waals surface area (Å²) in [6.07, 6.45) is 6.56. The van der Waals surface area contributed by atoms with Crippen LogP contribution >= 0.6 is 27.5 Å². The molecule has 0 aliphatic heterocycles. The highest BCUT2D eigenvalue weighted by atomic mass is 79.9. The Balaban J connectivity index is 2.06. The Morgan fingerprint density at radius 1 is 1.29 bits per heavy atom. The number of halogens is 3. The van der Waals surface area contributed by atoms with E-state index in [0.29, 0.717) is 5.92 Å². The molecule has 1 fully saturated rings. The molecule has 0 aromatic heterocycles. The van der Waals surface area contributed by atoms with Gasteiger partial charge in [0, 0.05) is 9.85 Å². The van der Waals surface area contributed by atoms with Crippen molar-refractivity contribution in [2.45, 2.75) is 43.9 Å². The van der Waals surface area contributed by atoms with E-state index >= 15 is 0 Å². The molecule has 1 aromatic carbocycles. The van der Waals surface area contributed by atoms with Crippen molar-refractivity contribution < 1.29 is 4.39 Å². The smallest absolute Gasteiger partial charge is 0.126 e. The van der Waals surface area contributed by atoms with Crippen LogP contribution in [-0.4, -0.2) is 5.38 Å². The molecular formula is C14H17BrClF. The molecule has 0 saturated heterocycles. The normalized spacial score (nSPS) is 25.6. The number of rotatable bonds is 2. The zero-order valence-corrected chi connectivity index (χ0v) is 12.1. The van der Waals surface area contributed by atoms with Crippen molar-refractivity contribution in [3.63, 3.8) is 0 Å². The van der Waals surface area contributed by atoms with E-state index in [9.17, 15) is 4.39 Å². The van der Waals surface area contributed by atoms with Gasteiger partial charge in [-0.15, -0.1) is 11.6 Å². The van der Waals surface area contributed by atoms with Gasteiger partial charge in [-0.2, -0.15) is 0 Å². The third-order valence-corrected chi connectivity index (χ3v) is 4.37. The number of hydrogen-bond acceptors (Lipinski definition) is 0. The molecule has 2 rings (SSSR count). The van der Waals surface area contributed by atoms with E-state index in [1.165, 1.54) is 25.3 Å². The van der Waals surface area contributed by atoms with Gasteiger partial charge in [0.1, 0.15) is 5.82 Å². The molecule has 1 aliphatic carbocycles. The Morgan fingerprint density at radius 3 is 2.88 bits per heavy atom. The maximum absolute atomic E-state index is 13.7. The Morgan fingerprint density at radius 2 is 2.06 bits per heavy atom. The molecule has 0 amide bonds. The van der Waals surface area contributed by atoms with Crippen LogP contribution in [0.1, 0.15) is 37.7 Å². The van der Waals surface area contributed by atoms with Gasteiger partial charge in [-0.3, -0.25) is 0 Å².